The van der Waals surface area contributed by atoms with Gasteiger partial charge in [0.1, 0.15) is 17.2 Å². The molecule has 38 heavy (non-hydrogen) atoms. The van der Waals surface area contributed by atoms with Gasteiger partial charge in [0.2, 0.25) is 5.95 Å². The van der Waals surface area contributed by atoms with Crippen LogP contribution < -0.4 is 10.6 Å². The second kappa shape index (κ2) is 10.1. The minimum atomic E-state index is -0.0359. The molecule has 1 aliphatic carbocycles. The van der Waals surface area contributed by atoms with E-state index in [2.05, 4.69) is 31.2 Å². The molecular weight excluding hydrogens is 480 g/mol. The van der Waals surface area contributed by atoms with Crippen LogP contribution in [0.5, 0.6) is 0 Å². The fourth-order valence-electron chi connectivity index (χ4n) is 5.96. The average Bonchev–Trinajstić information content (AvgIpc) is 3.65. The summed E-state index contributed by atoms with van der Waals surface area (Å²) in [6.45, 7) is 1.46. The fourth-order valence-corrected chi connectivity index (χ4v) is 5.96. The highest BCUT2D eigenvalue weighted by atomic mass is 16.2. The van der Waals surface area contributed by atoms with Crippen LogP contribution in [0.4, 0.5) is 11.8 Å². The second-order valence-electron chi connectivity index (χ2n) is 10.8. The molecule has 2 fully saturated rings. The zero-order chi connectivity index (χ0) is 26.2. The summed E-state index contributed by atoms with van der Waals surface area (Å²) < 4.78 is 2.09. The van der Waals surface area contributed by atoms with Gasteiger partial charge < -0.3 is 25.0 Å². The number of carbonyl (C=O) groups is 2. The molecule has 3 aromatic heterocycles. The van der Waals surface area contributed by atoms with E-state index in [9.17, 15) is 9.59 Å². The van der Waals surface area contributed by atoms with E-state index in [1.54, 1.807) is 43.5 Å². The number of pyridine rings is 1. The Morgan fingerprint density at radius 2 is 1.92 bits per heavy atom. The van der Waals surface area contributed by atoms with Crippen LogP contribution in [0.1, 0.15) is 65.4 Å². The lowest BCUT2D eigenvalue weighted by molar-refractivity contribution is 0.0749. The van der Waals surface area contributed by atoms with Crippen LogP contribution in [0.3, 0.4) is 0 Å². The first-order valence-corrected chi connectivity index (χ1v) is 13.5. The molecule has 198 valence electrons. The van der Waals surface area contributed by atoms with Crippen LogP contribution in [0.25, 0.3) is 11.0 Å². The van der Waals surface area contributed by atoms with Gasteiger partial charge in [-0.25, -0.2) is 9.97 Å². The van der Waals surface area contributed by atoms with Gasteiger partial charge in [-0.3, -0.25) is 9.59 Å². The van der Waals surface area contributed by atoms with Gasteiger partial charge in [-0.1, -0.05) is 18.9 Å². The number of aromatic nitrogens is 4. The van der Waals surface area contributed by atoms with E-state index in [0.717, 1.165) is 56.1 Å². The number of likely N-dealkylation sites (tertiary alicyclic amines) is 1. The van der Waals surface area contributed by atoms with E-state index < -0.39 is 0 Å². The van der Waals surface area contributed by atoms with Crippen molar-refractivity contribution >= 4 is 34.6 Å². The normalized spacial score (nSPS) is 21.3. The molecule has 6 rings (SSSR count). The Labute approximate surface area is 222 Å². The van der Waals surface area contributed by atoms with Gasteiger partial charge in [0.15, 0.2) is 0 Å². The van der Waals surface area contributed by atoms with Gasteiger partial charge in [-0.15, -0.1) is 0 Å². The van der Waals surface area contributed by atoms with Crippen LogP contribution in [0.2, 0.25) is 0 Å². The first-order valence-electron chi connectivity index (χ1n) is 13.5. The molecule has 0 spiro atoms. The van der Waals surface area contributed by atoms with Gasteiger partial charge in [0, 0.05) is 63.0 Å². The predicted octanol–water partition coefficient (Wildman–Crippen LogP) is 3.72. The molecule has 2 aliphatic heterocycles. The molecule has 2 amide bonds. The first kappa shape index (κ1) is 24.4. The SMILES string of the molecule is CN(C)C(=O)c1cc2cnc(Nc3ccc(C(=O)N4CCC[C@@H]5C=CN[C@@H]5C4)cn3)nc2n1C1CCCC1. The summed E-state index contributed by atoms with van der Waals surface area (Å²) in [4.78, 5) is 43.4. The van der Waals surface area contributed by atoms with Crippen LogP contribution in [-0.2, 0) is 0 Å². The minimum Gasteiger partial charge on any atom is -0.386 e. The molecule has 10 nitrogen and oxygen atoms in total. The molecular formula is C28H34N8O2. The van der Waals surface area contributed by atoms with E-state index in [4.69, 9.17) is 4.98 Å². The van der Waals surface area contributed by atoms with E-state index in [1.165, 1.54) is 0 Å². The van der Waals surface area contributed by atoms with Gasteiger partial charge >= 0.3 is 0 Å². The predicted molar refractivity (Wildman–Crippen MR) is 145 cm³/mol. The monoisotopic (exact) mass is 514 g/mol. The largest absolute Gasteiger partial charge is 0.386 e. The van der Waals surface area contributed by atoms with Crippen molar-refractivity contribution in [2.75, 3.05) is 32.5 Å². The number of rotatable bonds is 5. The third-order valence-corrected chi connectivity index (χ3v) is 7.98. The molecule has 1 saturated carbocycles. The third-order valence-electron chi connectivity index (χ3n) is 7.98. The Hall–Kier alpha value is -3.95. The molecule has 3 aliphatic rings. The maximum Gasteiger partial charge on any atom is 0.270 e. The van der Waals surface area contributed by atoms with Crippen molar-refractivity contribution in [1.82, 2.24) is 34.6 Å². The Balaban J connectivity index is 1.21. The van der Waals surface area contributed by atoms with Crippen molar-refractivity contribution in [2.45, 2.75) is 50.6 Å². The number of nitrogens with one attached hydrogen (secondary N) is 2. The number of anilines is 2. The minimum absolute atomic E-state index is 0.00329. The van der Waals surface area contributed by atoms with Crippen molar-refractivity contribution in [2.24, 2.45) is 5.92 Å². The summed E-state index contributed by atoms with van der Waals surface area (Å²) in [6.07, 6.45) is 14.0. The van der Waals surface area contributed by atoms with Crippen molar-refractivity contribution in [1.29, 1.82) is 0 Å². The smallest absolute Gasteiger partial charge is 0.270 e. The van der Waals surface area contributed by atoms with Crippen molar-refractivity contribution in [3.05, 3.63) is 54.1 Å². The molecule has 3 aromatic rings. The first-order chi connectivity index (χ1) is 18.5. The van der Waals surface area contributed by atoms with E-state index >= 15 is 0 Å². The number of carbonyl (C=O) groups excluding carboxylic acids is 2. The maximum absolute atomic E-state index is 13.2. The number of fused-ring (bicyclic) bond motifs is 2. The highest BCUT2D eigenvalue weighted by molar-refractivity contribution is 5.98. The molecule has 0 bridgehead atoms. The van der Waals surface area contributed by atoms with Crippen molar-refractivity contribution in [3.63, 3.8) is 0 Å². The Morgan fingerprint density at radius 3 is 2.68 bits per heavy atom. The lowest BCUT2D eigenvalue weighted by Crippen LogP contribution is -2.41. The molecule has 10 heteroatoms. The van der Waals surface area contributed by atoms with E-state index in [0.29, 0.717) is 41.5 Å². The quantitative estimate of drug-likeness (QED) is 0.534. The summed E-state index contributed by atoms with van der Waals surface area (Å²) >= 11 is 0. The zero-order valence-electron chi connectivity index (χ0n) is 21.9. The molecule has 5 heterocycles. The molecule has 0 radical (unpaired) electrons. The maximum atomic E-state index is 13.2. The Kier molecular flexibility index (Phi) is 6.47. The van der Waals surface area contributed by atoms with Gasteiger partial charge in [-0.05, 0) is 50.1 Å². The van der Waals surface area contributed by atoms with Crippen molar-refractivity contribution < 1.29 is 9.59 Å². The highest BCUT2D eigenvalue weighted by Gasteiger charge is 2.30. The molecule has 0 aromatic carbocycles. The lowest BCUT2D eigenvalue weighted by Gasteiger charge is -2.25. The fraction of sp³-hybridized carbons (Fsp3) is 0.464. The molecule has 2 atom stereocenters. The second-order valence-corrected chi connectivity index (χ2v) is 10.8. The number of nitrogens with zero attached hydrogens (tertiary/aromatic N) is 6. The summed E-state index contributed by atoms with van der Waals surface area (Å²) in [7, 11) is 3.54. The molecule has 2 N–H and O–H groups in total. The number of hydrogen-bond acceptors (Lipinski definition) is 7. The summed E-state index contributed by atoms with van der Waals surface area (Å²) in [5.41, 5.74) is 1.96. The zero-order valence-corrected chi connectivity index (χ0v) is 21.9. The highest BCUT2D eigenvalue weighted by Crippen LogP contribution is 2.35. The van der Waals surface area contributed by atoms with Gasteiger partial charge in [-0.2, -0.15) is 4.98 Å². The van der Waals surface area contributed by atoms with Gasteiger partial charge in [0.05, 0.1) is 5.56 Å². The van der Waals surface area contributed by atoms with Crippen LogP contribution in [0.15, 0.2) is 42.9 Å². The van der Waals surface area contributed by atoms with Crippen molar-refractivity contribution in [3.8, 4) is 0 Å². The standard InChI is InChI=1S/C28H34N8O2/c1-34(2)27(38)23-14-20-16-31-28(33-25(20)36(23)21-7-3-4-8-21)32-24-10-9-19(15-30-24)26(37)35-13-5-6-18-11-12-29-22(18)17-35/h9-12,14-16,18,21-22,29H,3-8,13,17H2,1-2H3,(H,30,31,32,33)/t18-,22-/m1/s1. The summed E-state index contributed by atoms with van der Waals surface area (Å²) in [5, 5.41) is 7.40. The van der Waals surface area contributed by atoms with Crippen LogP contribution >= 0.6 is 0 Å². The third kappa shape index (κ3) is 4.59. The number of amides is 2. The van der Waals surface area contributed by atoms with Crippen LogP contribution in [0, 0.1) is 5.92 Å². The van der Waals surface area contributed by atoms with E-state index in [-0.39, 0.29) is 17.9 Å². The van der Waals surface area contributed by atoms with Crippen LogP contribution in [-0.4, -0.2) is 74.4 Å². The lowest BCUT2D eigenvalue weighted by atomic mass is 9.99. The average molecular weight is 515 g/mol. The summed E-state index contributed by atoms with van der Waals surface area (Å²) in [5.74, 6) is 1.43. The number of hydrogen-bond donors (Lipinski definition) is 2. The topological polar surface area (TPSA) is 108 Å². The molecule has 0 unspecified atom stereocenters. The Morgan fingerprint density at radius 1 is 1.08 bits per heavy atom. The van der Waals surface area contributed by atoms with E-state index in [1.807, 2.05) is 17.2 Å². The van der Waals surface area contributed by atoms with Gasteiger partial charge in [0.25, 0.3) is 11.8 Å². The molecule has 1 saturated heterocycles. The Bertz CT molecular complexity index is 1370. The summed E-state index contributed by atoms with van der Waals surface area (Å²) in [6, 6.07) is 6.02.